The van der Waals surface area contributed by atoms with Gasteiger partial charge in [-0.1, -0.05) is 0 Å². The topological polar surface area (TPSA) is 81.9 Å². The molecule has 1 aliphatic heterocycles. The Bertz CT molecular complexity index is 257. The van der Waals surface area contributed by atoms with E-state index in [1.54, 1.807) is 0 Å². The van der Waals surface area contributed by atoms with Crippen molar-refractivity contribution in [3.05, 3.63) is 0 Å². The Labute approximate surface area is 94.7 Å². The van der Waals surface area contributed by atoms with Crippen molar-refractivity contribution in [3.63, 3.8) is 0 Å². The van der Waals surface area contributed by atoms with Gasteiger partial charge in [-0.25, -0.2) is 0 Å². The van der Waals surface area contributed by atoms with Gasteiger partial charge in [0.15, 0.2) is 0 Å². The van der Waals surface area contributed by atoms with Crippen molar-refractivity contribution in [2.45, 2.75) is 18.9 Å². The molecule has 1 amide bonds. The maximum atomic E-state index is 11.1. The molecule has 0 radical (unpaired) electrons. The fraction of sp³-hybridized carbons (Fsp3) is 0.800. The highest BCUT2D eigenvalue weighted by Gasteiger charge is 2.23. The van der Waals surface area contributed by atoms with E-state index in [1.165, 1.54) is 7.11 Å². The molecule has 1 atom stereocenters. The van der Waals surface area contributed by atoms with E-state index in [4.69, 9.17) is 10.5 Å². The first-order valence-corrected chi connectivity index (χ1v) is 5.31. The lowest BCUT2D eigenvalue weighted by atomic mass is 10.2. The number of esters is 1. The first-order chi connectivity index (χ1) is 7.61. The summed E-state index contributed by atoms with van der Waals surface area (Å²) in [5.74, 6) is -0.585. The average Bonchev–Trinajstić information content (AvgIpc) is 2.26. The number of primary amides is 1. The maximum absolute atomic E-state index is 11.1. The molecule has 1 unspecified atom stereocenters. The second kappa shape index (κ2) is 6.44. The van der Waals surface area contributed by atoms with Gasteiger partial charge in [0.05, 0.1) is 26.2 Å². The normalized spacial score (nSPS) is 21.7. The molecule has 1 heterocycles. The third kappa shape index (κ3) is 4.59. The summed E-state index contributed by atoms with van der Waals surface area (Å²) >= 11 is 0. The highest BCUT2D eigenvalue weighted by molar-refractivity contribution is 5.73. The van der Waals surface area contributed by atoms with Gasteiger partial charge in [0.1, 0.15) is 0 Å². The molecule has 92 valence electrons. The summed E-state index contributed by atoms with van der Waals surface area (Å²) in [5.41, 5.74) is 5.08. The van der Waals surface area contributed by atoms with Crippen molar-refractivity contribution in [2.75, 3.05) is 33.4 Å². The average molecular weight is 230 g/mol. The van der Waals surface area contributed by atoms with Crippen LogP contribution in [0.1, 0.15) is 12.8 Å². The van der Waals surface area contributed by atoms with Crippen molar-refractivity contribution in [2.24, 2.45) is 5.73 Å². The third-order valence-electron chi connectivity index (χ3n) is 2.52. The predicted molar refractivity (Wildman–Crippen MR) is 56.6 cm³/mol. The molecule has 0 saturated carbocycles. The lowest BCUT2D eigenvalue weighted by Crippen LogP contribution is -2.44. The molecular formula is C10H18N2O4. The largest absolute Gasteiger partial charge is 0.469 e. The van der Waals surface area contributed by atoms with E-state index in [-0.39, 0.29) is 24.4 Å². The molecule has 2 N–H and O–H groups in total. The smallest absolute Gasteiger partial charge is 0.308 e. The van der Waals surface area contributed by atoms with Gasteiger partial charge in [-0.3, -0.25) is 14.5 Å². The summed E-state index contributed by atoms with van der Waals surface area (Å²) in [4.78, 5) is 23.8. The predicted octanol–water partition coefficient (Wildman–Crippen LogP) is -0.874. The lowest BCUT2D eigenvalue weighted by Gasteiger charge is -2.32. The van der Waals surface area contributed by atoms with Crippen molar-refractivity contribution < 1.29 is 19.1 Å². The molecule has 0 aromatic rings. The van der Waals surface area contributed by atoms with Gasteiger partial charge in [0.2, 0.25) is 5.91 Å². The van der Waals surface area contributed by atoms with Crippen LogP contribution in [-0.2, 0) is 19.1 Å². The highest BCUT2D eigenvalue weighted by atomic mass is 16.5. The molecule has 6 nitrogen and oxygen atoms in total. The quantitative estimate of drug-likeness (QED) is 0.621. The van der Waals surface area contributed by atoms with Crippen LogP contribution in [0.15, 0.2) is 0 Å². The fourth-order valence-electron chi connectivity index (χ4n) is 1.64. The zero-order valence-electron chi connectivity index (χ0n) is 9.48. The Kier molecular flexibility index (Phi) is 5.21. The molecule has 1 saturated heterocycles. The van der Waals surface area contributed by atoms with Crippen molar-refractivity contribution in [1.82, 2.24) is 4.90 Å². The summed E-state index contributed by atoms with van der Waals surface area (Å²) < 4.78 is 10.0. The van der Waals surface area contributed by atoms with Crippen molar-refractivity contribution >= 4 is 11.9 Å². The van der Waals surface area contributed by atoms with Crippen LogP contribution >= 0.6 is 0 Å². The van der Waals surface area contributed by atoms with E-state index in [0.717, 1.165) is 6.54 Å². The lowest BCUT2D eigenvalue weighted by molar-refractivity contribution is -0.145. The van der Waals surface area contributed by atoms with E-state index in [9.17, 15) is 9.59 Å². The number of ether oxygens (including phenoxy) is 2. The summed E-state index contributed by atoms with van der Waals surface area (Å²) in [5, 5.41) is 0. The Morgan fingerprint density at radius 2 is 2.31 bits per heavy atom. The third-order valence-corrected chi connectivity index (χ3v) is 2.52. The monoisotopic (exact) mass is 230 g/mol. The van der Waals surface area contributed by atoms with Gasteiger partial charge in [0.25, 0.3) is 0 Å². The number of hydrogen-bond donors (Lipinski definition) is 1. The zero-order valence-corrected chi connectivity index (χ0v) is 9.48. The van der Waals surface area contributed by atoms with E-state index in [0.29, 0.717) is 26.1 Å². The Balaban J connectivity index is 2.29. The minimum absolute atomic E-state index is 0.144. The number of methoxy groups -OCH3 is 1. The SMILES string of the molecule is COC(=O)CC1CN(CCC(N)=O)CCO1. The number of amides is 1. The van der Waals surface area contributed by atoms with Gasteiger partial charge in [-0.05, 0) is 0 Å². The Hall–Kier alpha value is -1.14. The summed E-state index contributed by atoms with van der Waals surface area (Å²) in [6.45, 7) is 2.60. The number of carbonyl (C=O) groups excluding carboxylic acids is 2. The molecule has 16 heavy (non-hydrogen) atoms. The molecule has 1 fully saturated rings. The Morgan fingerprint density at radius 1 is 1.56 bits per heavy atom. The van der Waals surface area contributed by atoms with Crippen molar-refractivity contribution in [3.8, 4) is 0 Å². The van der Waals surface area contributed by atoms with Crippen LogP contribution in [0.4, 0.5) is 0 Å². The number of carbonyl (C=O) groups is 2. The standard InChI is InChI=1S/C10H18N2O4/c1-15-10(14)6-8-7-12(4-5-16-8)3-2-9(11)13/h8H,2-7H2,1H3,(H2,11,13). The van der Waals surface area contributed by atoms with Crippen LogP contribution in [0.25, 0.3) is 0 Å². The van der Waals surface area contributed by atoms with Gasteiger partial charge in [-0.2, -0.15) is 0 Å². The van der Waals surface area contributed by atoms with Crippen LogP contribution < -0.4 is 5.73 Å². The van der Waals surface area contributed by atoms with Crippen LogP contribution in [0.5, 0.6) is 0 Å². The second-order valence-corrected chi connectivity index (χ2v) is 3.79. The maximum Gasteiger partial charge on any atom is 0.308 e. The minimum Gasteiger partial charge on any atom is -0.469 e. The first kappa shape index (κ1) is 12.9. The number of hydrogen-bond acceptors (Lipinski definition) is 5. The van der Waals surface area contributed by atoms with E-state index < -0.39 is 0 Å². The van der Waals surface area contributed by atoms with Gasteiger partial charge in [0, 0.05) is 26.1 Å². The zero-order chi connectivity index (χ0) is 12.0. The van der Waals surface area contributed by atoms with E-state index in [1.807, 2.05) is 0 Å². The molecular weight excluding hydrogens is 212 g/mol. The molecule has 1 aliphatic rings. The minimum atomic E-state index is -0.309. The summed E-state index contributed by atoms with van der Waals surface area (Å²) in [6, 6.07) is 0. The molecule has 1 rings (SSSR count). The Morgan fingerprint density at radius 3 is 2.94 bits per heavy atom. The first-order valence-electron chi connectivity index (χ1n) is 5.31. The summed E-state index contributed by atoms with van der Waals surface area (Å²) in [6.07, 6.45) is 0.447. The second-order valence-electron chi connectivity index (χ2n) is 3.79. The molecule has 0 spiro atoms. The van der Waals surface area contributed by atoms with Crippen LogP contribution in [-0.4, -0.2) is 56.2 Å². The molecule has 0 aromatic heterocycles. The number of rotatable bonds is 5. The van der Waals surface area contributed by atoms with Gasteiger partial charge < -0.3 is 15.2 Å². The van der Waals surface area contributed by atoms with E-state index >= 15 is 0 Å². The van der Waals surface area contributed by atoms with E-state index in [2.05, 4.69) is 9.64 Å². The fourth-order valence-corrected chi connectivity index (χ4v) is 1.64. The number of morpholine rings is 1. The van der Waals surface area contributed by atoms with Gasteiger partial charge >= 0.3 is 5.97 Å². The van der Waals surface area contributed by atoms with Gasteiger partial charge in [-0.15, -0.1) is 0 Å². The number of nitrogens with two attached hydrogens (primary N) is 1. The van der Waals surface area contributed by atoms with Crippen LogP contribution in [0.2, 0.25) is 0 Å². The molecule has 6 heteroatoms. The highest BCUT2D eigenvalue weighted by Crippen LogP contribution is 2.09. The molecule has 0 aromatic carbocycles. The molecule has 0 aliphatic carbocycles. The molecule has 0 bridgehead atoms. The van der Waals surface area contributed by atoms with Crippen LogP contribution in [0.3, 0.4) is 0 Å². The van der Waals surface area contributed by atoms with Crippen molar-refractivity contribution in [1.29, 1.82) is 0 Å². The summed E-state index contributed by atoms with van der Waals surface area (Å²) in [7, 11) is 1.36. The number of nitrogens with zero attached hydrogens (tertiary/aromatic N) is 1. The van der Waals surface area contributed by atoms with Crippen LogP contribution in [0, 0.1) is 0 Å².